The van der Waals surface area contributed by atoms with Crippen molar-refractivity contribution in [3.63, 3.8) is 0 Å². The minimum absolute atomic E-state index is 0.158. The van der Waals surface area contributed by atoms with Crippen LogP contribution < -0.4 is 10.2 Å². The second-order valence-electron chi connectivity index (χ2n) is 6.87. The molecular formula is C24H19BrO3. The molecule has 28 heavy (non-hydrogen) atoms. The van der Waals surface area contributed by atoms with E-state index in [0.29, 0.717) is 16.7 Å². The van der Waals surface area contributed by atoms with Crippen molar-refractivity contribution >= 4 is 26.9 Å². The van der Waals surface area contributed by atoms with E-state index in [1.807, 2.05) is 74.5 Å². The zero-order chi connectivity index (χ0) is 19.7. The van der Waals surface area contributed by atoms with Gasteiger partial charge in [-0.25, -0.2) is 0 Å². The molecule has 0 fully saturated rings. The highest BCUT2D eigenvalue weighted by molar-refractivity contribution is 9.10. The van der Waals surface area contributed by atoms with Gasteiger partial charge in [0.1, 0.15) is 12.2 Å². The molecule has 4 aromatic rings. The normalized spacial score (nSPS) is 11.0. The molecule has 3 nitrogen and oxygen atoms in total. The summed E-state index contributed by atoms with van der Waals surface area (Å²) in [5.41, 5.74) is 4.37. The standard InChI is InChI=1S/C24H19BrO3/c1-15-3-8-18(9-4-15)23-24(27-14-17-6-10-19(25)11-7-17)22(26)20-12-5-16(2)13-21(20)28-23/h3-13H,14H2,1-2H3. The van der Waals surface area contributed by atoms with E-state index in [-0.39, 0.29) is 17.8 Å². The van der Waals surface area contributed by atoms with Crippen LogP contribution in [0.5, 0.6) is 5.75 Å². The predicted octanol–water partition coefficient (Wildman–Crippen LogP) is 6.42. The average Bonchev–Trinajstić information content (AvgIpc) is 2.69. The van der Waals surface area contributed by atoms with Crippen LogP contribution in [0.15, 0.2) is 80.4 Å². The topological polar surface area (TPSA) is 39.4 Å². The van der Waals surface area contributed by atoms with E-state index in [1.54, 1.807) is 6.07 Å². The second-order valence-corrected chi connectivity index (χ2v) is 7.79. The zero-order valence-electron chi connectivity index (χ0n) is 15.7. The molecule has 0 saturated carbocycles. The smallest absolute Gasteiger partial charge is 0.235 e. The molecule has 1 aromatic heterocycles. The summed E-state index contributed by atoms with van der Waals surface area (Å²) < 4.78 is 13.1. The number of rotatable bonds is 4. The summed E-state index contributed by atoms with van der Waals surface area (Å²) in [5, 5.41) is 0.521. The summed E-state index contributed by atoms with van der Waals surface area (Å²) in [7, 11) is 0. The molecule has 0 unspecified atom stereocenters. The van der Waals surface area contributed by atoms with E-state index in [9.17, 15) is 4.79 Å². The van der Waals surface area contributed by atoms with Gasteiger partial charge < -0.3 is 9.15 Å². The van der Waals surface area contributed by atoms with Crippen molar-refractivity contribution in [1.82, 2.24) is 0 Å². The quantitative estimate of drug-likeness (QED) is 0.372. The number of hydrogen-bond acceptors (Lipinski definition) is 3. The van der Waals surface area contributed by atoms with E-state index < -0.39 is 0 Å². The van der Waals surface area contributed by atoms with E-state index in [4.69, 9.17) is 9.15 Å². The van der Waals surface area contributed by atoms with Gasteiger partial charge in [-0.3, -0.25) is 4.79 Å². The summed E-state index contributed by atoms with van der Waals surface area (Å²) in [6.07, 6.45) is 0. The van der Waals surface area contributed by atoms with Crippen LogP contribution in [0.1, 0.15) is 16.7 Å². The first-order chi connectivity index (χ1) is 13.5. The average molecular weight is 435 g/mol. The first kappa shape index (κ1) is 18.5. The Balaban J connectivity index is 1.84. The van der Waals surface area contributed by atoms with E-state index in [2.05, 4.69) is 15.9 Å². The van der Waals surface area contributed by atoms with Gasteiger partial charge in [-0.05, 0) is 49.2 Å². The number of fused-ring (bicyclic) bond motifs is 1. The highest BCUT2D eigenvalue weighted by Gasteiger charge is 2.18. The molecular weight excluding hydrogens is 416 g/mol. The molecule has 0 atom stereocenters. The van der Waals surface area contributed by atoms with Gasteiger partial charge in [0.2, 0.25) is 11.2 Å². The van der Waals surface area contributed by atoms with Crippen LogP contribution in [0.25, 0.3) is 22.3 Å². The van der Waals surface area contributed by atoms with Crippen LogP contribution in [-0.4, -0.2) is 0 Å². The molecule has 140 valence electrons. The lowest BCUT2D eigenvalue weighted by atomic mass is 10.1. The monoisotopic (exact) mass is 434 g/mol. The van der Waals surface area contributed by atoms with Crippen molar-refractivity contribution < 1.29 is 9.15 Å². The molecule has 0 bridgehead atoms. The fourth-order valence-electron chi connectivity index (χ4n) is 3.05. The molecule has 0 radical (unpaired) electrons. The molecule has 0 N–H and O–H groups in total. The van der Waals surface area contributed by atoms with Crippen LogP contribution >= 0.6 is 15.9 Å². The van der Waals surface area contributed by atoms with Crippen LogP contribution in [0.3, 0.4) is 0 Å². The highest BCUT2D eigenvalue weighted by atomic mass is 79.9. The van der Waals surface area contributed by atoms with Gasteiger partial charge in [-0.15, -0.1) is 0 Å². The molecule has 0 amide bonds. The predicted molar refractivity (Wildman–Crippen MR) is 116 cm³/mol. The summed E-state index contributed by atoms with van der Waals surface area (Å²) in [5.74, 6) is 0.698. The zero-order valence-corrected chi connectivity index (χ0v) is 17.2. The van der Waals surface area contributed by atoms with E-state index in [0.717, 1.165) is 26.7 Å². The molecule has 0 aliphatic carbocycles. The lowest BCUT2D eigenvalue weighted by Crippen LogP contribution is -2.10. The summed E-state index contributed by atoms with van der Waals surface area (Å²) in [4.78, 5) is 13.2. The highest BCUT2D eigenvalue weighted by Crippen LogP contribution is 2.32. The molecule has 1 heterocycles. The SMILES string of the molecule is Cc1ccc(-c2oc3cc(C)ccc3c(=O)c2OCc2ccc(Br)cc2)cc1. The lowest BCUT2D eigenvalue weighted by Gasteiger charge is -2.12. The Labute approximate surface area is 171 Å². The molecule has 0 aliphatic rings. The summed E-state index contributed by atoms with van der Waals surface area (Å²) in [6.45, 7) is 4.28. The van der Waals surface area contributed by atoms with Crippen molar-refractivity contribution in [2.24, 2.45) is 0 Å². The van der Waals surface area contributed by atoms with Gasteiger partial charge in [-0.2, -0.15) is 0 Å². The third kappa shape index (κ3) is 3.73. The molecule has 0 aliphatic heterocycles. The Hall–Kier alpha value is -2.85. The van der Waals surface area contributed by atoms with Crippen molar-refractivity contribution in [3.05, 3.63) is 98.1 Å². The lowest BCUT2D eigenvalue weighted by molar-refractivity contribution is 0.298. The Kier molecular flexibility index (Phi) is 5.05. The van der Waals surface area contributed by atoms with Gasteiger partial charge in [-0.1, -0.05) is 64.0 Å². The number of aryl methyl sites for hydroxylation is 2. The third-order valence-corrected chi connectivity index (χ3v) is 5.15. The van der Waals surface area contributed by atoms with Crippen LogP contribution in [-0.2, 0) is 6.61 Å². The van der Waals surface area contributed by atoms with Crippen molar-refractivity contribution in [2.45, 2.75) is 20.5 Å². The van der Waals surface area contributed by atoms with Crippen molar-refractivity contribution in [2.75, 3.05) is 0 Å². The maximum absolute atomic E-state index is 13.2. The van der Waals surface area contributed by atoms with Crippen LogP contribution in [0.4, 0.5) is 0 Å². The van der Waals surface area contributed by atoms with Gasteiger partial charge in [0.15, 0.2) is 5.76 Å². The first-order valence-electron chi connectivity index (χ1n) is 9.03. The minimum Gasteiger partial charge on any atom is -0.481 e. The maximum Gasteiger partial charge on any atom is 0.235 e. The summed E-state index contributed by atoms with van der Waals surface area (Å²) in [6, 6.07) is 21.3. The number of hydrogen-bond donors (Lipinski definition) is 0. The fraction of sp³-hybridized carbons (Fsp3) is 0.125. The van der Waals surface area contributed by atoms with Gasteiger partial charge >= 0.3 is 0 Å². The summed E-state index contributed by atoms with van der Waals surface area (Å²) >= 11 is 3.43. The fourth-order valence-corrected chi connectivity index (χ4v) is 3.31. The third-order valence-electron chi connectivity index (χ3n) is 4.62. The molecule has 4 rings (SSSR count). The van der Waals surface area contributed by atoms with Crippen LogP contribution in [0, 0.1) is 13.8 Å². The largest absolute Gasteiger partial charge is 0.481 e. The number of halogens is 1. The number of ether oxygens (including phenoxy) is 1. The Bertz CT molecular complexity index is 1190. The molecule has 0 spiro atoms. The van der Waals surface area contributed by atoms with Crippen molar-refractivity contribution in [1.29, 1.82) is 0 Å². The first-order valence-corrected chi connectivity index (χ1v) is 9.82. The van der Waals surface area contributed by atoms with Crippen LogP contribution in [0.2, 0.25) is 0 Å². The number of benzene rings is 3. The van der Waals surface area contributed by atoms with E-state index >= 15 is 0 Å². The molecule has 3 aromatic carbocycles. The Morgan fingerprint density at radius 1 is 0.893 bits per heavy atom. The molecule has 4 heteroatoms. The minimum atomic E-state index is -0.158. The van der Waals surface area contributed by atoms with Crippen molar-refractivity contribution in [3.8, 4) is 17.1 Å². The molecule has 0 saturated heterocycles. The van der Waals surface area contributed by atoms with Gasteiger partial charge in [0, 0.05) is 10.0 Å². The second kappa shape index (κ2) is 7.64. The maximum atomic E-state index is 13.2. The Morgan fingerprint density at radius 2 is 1.57 bits per heavy atom. The van der Waals surface area contributed by atoms with E-state index in [1.165, 1.54) is 0 Å². The Morgan fingerprint density at radius 3 is 2.29 bits per heavy atom. The van der Waals surface area contributed by atoms with Gasteiger partial charge in [0.05, 0.1) is 5.39 Å². The van der Waals surface area contributed by atoms with Gasteiger partial charge in [0.25, 0.3) is 0 Å².